The van der Waals surface area contributed by atoms with Crippen molar-refractivity contribution in [3.63, 3.8) is 0 Å². The number of aryl methyl sites for hydroxylation is 1. The zero-order valence-corrected chi connectivity index (χ0v) is 15.7. The smallest absolute Gasteiger partial charge is 0.317 e. The fourth-order valence-corrected chi connectivity index (χ4v) is 3.15. The number of amides is 2. The first kappa shape index (κ1) is 20.2. The van der Waals surface area contributed by atoms with Gasteiger partial charge in [-0.2, -0.15) is 0 Å². The maximum absolute atomic E-state index is 12.5. The van der Waals surface area contributed by atoms with Crippen LogP contribution in [0.1, 0.15) is 24.1 Å². The van der Waals surface area contributed by atoms with Crippen LogP contribution in [0.5, 0.6) is 11.5 Å². The lowest BCUT2D eigenvalue weighted by molar-refractivity contribution is 0.0633. The number of piperazine rings is 1. The maximum atomic E-state index is 12.5. The average Bonchev–Trinajstić information content (AvgIpc) is 2.61. The van der Waals surface area contributed by atoms with Gasteiger partial charge in [0.05, 0.1) is 26.8 Å². The number of ether oxygens (including phenoxy) is 2. The first-order valence-corrected chi connectivity index (χ1v) is 8.64. The molecule has 2 rings (SSSR count). The number of halogens is 2. The van der Waals surface area contributed by atoms with Crippen LogP contribution in [0.2, 0.25) is 0 Å². The van der Waals surface area contributed by atoms with Gasteiger partial charge in [-0.15, -0.1) is 0 Å². The number of urea groups is 1. The highest BCUT2D eigenvalue weighted by Crippen LogP contribution is 2.32. The van der Waals surface area contributed by atoms with Gasteiger partial charge in [-0.25, -0.2) is 13.6 Å². The van der Waals surface area contributed by atoms with Gasteiger partial charge < -0.3 is 19.7 Å². The van der Waals surface area contributed by atoms with Crippen molar-refractivity contribution in [2.45, 2.75) is 26.3 Å². The third-order valence-corrected chi connectivity index (χ3v) is 4.63. The summed E-state index contributed by atoms with van der Waals surface area (Å²) in [6.45, 7) is 5.41. The summed E-state index contributed by atoms with van der Waals surface area (Å²) in [4.78, 5) is 15.8. The highest BCUT2D eigenvalue weighted by molar-refractivity contribution is 5.75. The standard InChI is InChI=1S/C18H27F2N3O3/c1-12-9-15(25-3)16(26-4)10-14(12)13(2)21-18(24)23-7-5-22(6-8-23)11-17(19)20/h9-10,13,17H,5-8,11H2,1-4H3,(H,21,24). The molecule has 1 N–H and O–H groups in total. The van der Waals surface area contributed by atoms with Crippen molar-refractivity contribution in [1.82, 2.24) is 15.1 Å². The number of rotatable bonds is 6. The highest BCUT2D eigenvalue weighted by Gasteiger charge is 2.24. The average molecular weight is 371 g/mol. The lowest BCUT2D eigenvalue weighted by Gasteiger charge is -2.35. The van der Waals surface area contributed by atoms with Gasteiger partial charge >= 0.3 is 6.03 Å². The lowest BCUT2D eigenvalue weighted by Crippen LogP contribution is -2.52. The SMILES string of the molecule is COc1cc(C)c(C(C)NC(=O)N2CCN(CC(F)F)CC2)cc1OC. The van der Waals surface area contributed by atoms with Crippen LogP contribution < -0.4 is 14.8 Å². The Morgan fingerprint density at radius 1 is 1.15 bits per heavy atom. The van der Waals surface area contributed by atoms with E-state index in [2.05, 4.69) is 5.32 Å². The highest BCUT2D eigenvalue weighted by atomic mass is 19.3. The summed E-state index contributed by atoms with van der Waals surface area (Å²) in [5.41, 5.74) is 1.92. The Labute approximate surface area is 153 Å². The molecule has 0 aromatic heterocycles. The number of alkyl halides is 2. The van der Waals surface area contributed by atoms with E-state index in [1.807, 2.05) is 26.0 Å². The third kappa shape index (κ3) is 4.97. The molecule has 1 aliphatic heterocycles. The fraction of sp³-hybridized carbons (Fsp3) is 0.611. The summed E-state index contributed by atoms with van der Waals surface area (Å²) in [7, 11) is 3.15. The number of carbonyl (C=O) groups excluding carboxylic acids is 1. The summed E-state index contributed by atoms with van der Waals surface area (Å²) in [6.07, 6.45) is -2.34. The molecule has 0 spiro atoms. The van der Waals surface area contributed by atoms with Crippen LogP contribution in [0.15, 0.2) is 12.1 Å². The van der Waals surface area contributed by atoms with Crippen molar-refractivity contribution >= 4 is 6.03 Å². The second-order valence-electron chi connectivity index (χ2n) is 6.41. The molecule has 26 heavy (non-hydrogen) atoms. The van der Waals surface area contributed by atoms with E-state index in [1.165, 1.54) is 0 Å². The quantitative estimate of drug-likeness (QED) is 0.835. The first-order chi connectivity index (χ1) is 12.3. The van der Waals surface area contributed by atoms with Crippen molar-refractivity contribution in [1.29, 1.82) is 0 Å². The Bertz CT molecular complexity index is 620. The van der Waals surface area contributed by atoms with Crippen LogP contribution in [-0.2, 0) is 0 Å². The van der Waals surface area contributed by atoms with E-state index in [9.17, 15) is 13.6 Å². The summed E-state index contributed by atoms with van der Waals surface area (Å²) < 4.78 is 35.5. The number of nitrogens with zero attached hydrogens (tertiary/aromatic N) is 2. The second-order valence-corrected chi connectivity index (χ2v) is 6.41. The van der Waals surface area contributed by atoms with Crippen molar-refractivity contribution in [2.24, 2.45) is 0 Å². The van der Waals surface area contributed by atoms with Crippen molar-refractivity contribution in [3.8, 4) is 11.5 Å². The number of benzene rings is 1. The molecule has 2 amide bonds. The van der Waals surface area contributed by atoms with Crippen LogP contribution in [0.25, 0.3) is 0 Å². The van der Waals surface area contributed by atoms with Crippen LogP contribution in [0.3, 0.4) is 0 Å². The maximum Gasteiger partial charge on any atom is 0.317 e. The largest absolute Gasteiger partial charge is 0.493 e. The molecular weight excluding hydrogens is 344 g/mol. The molecule has 8 heteroatoms. The molecule has 6 nitrogen and oxygen atoms in total. The monoisotopic (exact) mass is 371 g/mol. The van der Waals surface area contributed by atoms with Crippen LogP contribution in [0, 0.1) is 6.92 Å². The van der Waals surface area contributed by atoms with E-state index in [0.717, 1.165) is 11.1 Å². The number of hydrogen-bond acceptors (Lipinski definition) is 4. The summed E-state index contributed by atoms with van der Waals surface area (Å²) >= 11 is 0. The van der Waals surface area contributed by atoms with Crippen molar-refractivity contribution < 1.29 is 23.0 Å². The number of methoxy groups -OCH3 is 2. The molecule has 1 unspecified atom stereocenters. The summed E-state index contributed by atoms with van der Waals surface area (Å²) in [5, 5.41) is 2.98. The fourth-order valence-electron chi connectivity index (χ4n) is 3.15. The second kappa shape index (κ2) is 9.02. The molecule has 1 aliphatic rings. The minimum atomic E-state index is -2.34. The Kier molecular flexibility index (Phi) is 7.02. The molecular formula is C18H27F2N3O3. The number of carbonyl (C=O) groups is 1. The summed E-state index contributed by atoms with van der Waals surface area (Å²) in [6, 6.07) is 3.32. The predicted molar refractivity (Wildman–Crippen MR) is 95.2 cm³/mol. The van der Waals surface area contributed by atoms with Crippen LogP contribution in [0.4, 0.5) is 13.6 Å². The van der Waals surface area contributed by atoms with Crippen molar-refractivity contribution in [2.75, 3.05) is 46.9 Å². The van der Waals surface area contributed by atoms with Gasteiger partial charge in [0, 0.05) is 26.2 Å². The van der Waals surface area contributed by atoms with E-state index in [1.54, 1.807) is 24.0 Å². The Morgan fingerprint density at radius 3 is 2.27 bits per heavy atom. The molecule has 0 bridgehead atoms. The normalized spacial score (nSPS) is 16.5. The Hall–Kier alpha value is -2.09. The Balaban J connectivity index is 1.97. The Morgan fingerprint density at radius 2 is 1.73 bits per heavy atom. The van der Waals surface area contributed by atoms with Crippen LogP contribution >= 0.6 is 0 Å². The molecule has 146 valence electrons. The van der Waals surface area contributed by atoms with Gasteiger partial charge in [0.2, 0.25) is 0 Å². The van der Waals surface area contributed by atoms with E-state index in [4.69, 9.17) is 9.47 Å². The number of nitrogens with one attached hydrogen (secondary N) is 1. The van der Waals surface area contributed by atoms with E-state index in [-0.39, 0.29) is 18.6 Å². The van der Waals surface area contributed by atoms with Gasteiger partial charge in [0.15, 0.2) is 11.5 Å². The molecule has 1 atom stereocenters. The minimum absolute atomic E-state index is 0.191. The van der Waals surface area contributed by atoms with Gasteiger partial charge in [-0.3, -0.25) is 4.90 Å². The summed E-state index contributed by atoms with van der Waals surface area (Å²) in [5.74, 6) is 1.25. The third-order valence-electron chi connectivity index (χ3n) is 4.63. The zero-order valence-electron chi connectivity index (χ0n) is 15.7. The van der Waals surface area contributed by atoms with Gasteiger partial charge in [-0.1, -0.05) is 0 Å². The predicted octanol–water partition coefficient (Wildman–Crippen LogP) is 2.67. The van der Waals surface area contributed by atoms with E-state index in [0.29, 0.717) is 37.7 Å². The van der Waals surface area contributed by atoms with Crippen molar-refractivity contribution in [3.05, 3.63) is 23.3 Å². The molecule has 1 saturated heterocycles. The number of hydrogen-bond donors (Lipinski definition) is 1. The molecule has 0 radical (unpaired) electrons. The van der Waals surface area contributed by atoms with Crippen LogP contribution in [-0.4, -0.2) is 69.2 Å². The molecule has 1 heterocycles. The molecule has 1 aromatic carbocycles. The molecule has 1 fully saturated rings. The van der Waals surface area contributed by atoms with E-state index >= 15 is 0 Å². The van der Waals surface area contributed by atoms with Gasteiger partial charge in [-0.05, 0) is 37.1 Å². The molecule has 1 aromatic rings. The zero-order chi connectivity index (χ0) is 19.3. The topological polar surface area (TPSA) is 54.0 Å². The molecule has 0 saturated carbocycles. The molecule has 0 aliphatic carbocycles. The lowest BCUT2D eigenvalue weighted by atomic mass is 10.0. The van der Waals surface area contributed by atoms with Gasteiger partial charge in [0.25, 0.3) is 6.43 Å². The minimum Gasteiger partial charge on any atom is -0.493 e. The van der Waals surface area contributed by atoms with Gasteiger partial charge in [0.1, 0.15) is 0 Å². The first-order valence-electron chi connectivity index (χ1n) is 8.64. The van der Waals surface area contributed by atoms with E-state index < -0.39 is 6.43 Å².